The van der Waals surface area contributed by atoms with Gasteiger partial charge in [0.25, 0.3) is 0 Å². The van der Waals surface area contributed by atoms with Crippen molar-refractivity contribution in [3.63, 3.8) is 0 Å². The van der Waals surface area contributed by atoms with Crippen molar-refractivity contribution in [3.05, 3.63) is 59.2 Å². The van der Waals surface area contributed by atoms with Crippen LogP contribution in [-0.4, -0.2) is 12.1 Å². The molecule has 4 nitrogen and oxygen atoms in total. The molecule has 5 heteroatoms. The van der Waals surface area contributed by atoms with E-state index in [0.717, 1.165) is 23.1 Å². The van der Waals surface area contributed by atoms with Gasteiger partial charge in [-0.05, 0) is 41.3 Å². The van der Waals surface area contributed by atoms with Crippen molar-refractivity contribution in [2.75, 3.05) is 7.11 Å². The van der Waals surface area contributed by atoms with E-state index in [9.17, 15) is 4.39 Å². The number of methoxy groups -OCH3 is 1. The summed E-state index contributed by atoms with van der Waals surface area (Å²) in [6.45, 7) is 2.04. The van der Waals surface area contributed by atoms with Gasteiger partial charge in [0.15, 0.2) is 11.6 Å². The van der Waals surface area contributed by atoms with E-state index in [1.54, 1.807) is 24.5 Å². The summed E-state index contributed by atoms with van der Waals surface area (Å²) < 4.78 is 18.8. The molecule has 0 aliphatic rings. The lowest BCUT2D eigenvalue weighted by Crippen LogP contribution is -2.29. The van der Waals surface area contributed by atoms with Crippen LogP contribution in [0.2, 0.25) is 0 Å². The van der Waals surface area contributed by atoms with Crippen LogP contribution >= 0.6 is 0 Å². The van der Waals surface area contributed by atoms with Gasteiger partial charge in [-0.15, -0.1) is 0 Å². The van der Waals surface area contributed by atoms with E-state index in [-0.39, 0.29) is 11.8 Å². The van der Waals surface area contributed by atoms with Crippen molar-refractivity contribution in [3.8, 4) is 5.75 Å². The van der Waals surface area contributed by atoms with Gasteiger partial charge >= 0.3 is 0 Å². The van der Waals surface area contributed by atoms with E-state index in [1.807, 2.05) is 13.0 Å². The zero-order valence-corrected chi connectivity index (χ0v) is 11.6. The van der Waals surface area contributed by atoms with Crippen LogP contribution in [0.1, 0.15) is 29.7 Å². The van der Waals surface area contributed by atoms with Gasteiger partial charge in [-0.1, -0.05) is 13.0 Å². The van der Waals surface area contributed by atoms with E-state index in [1.165, 1.54) is 13.2 Å². The van der Waals surface area contributed by atoms with Gasteiger partial charge in [0, 0.05) is 12.4 Å². The third-order valence-electron chi connectivity index (χ3n) is 3.31. The lowest BCUT2D eigenvalue weighted by atomic mass is 9.95. The molecule has 0 amide bonds. The molecule has 1 aromatic carbocycles. The van der Waals surface area contributed by atoms with Gasteiger partial charge in [-0.3, -0.25) is 10.8 Å². The molecule has 0 aliphatic carbocycles. The van der Waals surface area contributed by atoms with Crippen LogP contribution in [0.15, 0.2) is 36.7 Å². The zero-order valence-electron chi connectivity index (χ0n) is 11.6. The fourth-order valence-corrected chi connectivity index (χ4v) is 2.24. The number of hydrazine groups is 1. The molecule has 106 valence electrons. The number of rotatable bonds is 5. The SMILES string of the molecule is CCc1cnccc1C(NN)c1ccc(OC)c(F)c1. The number of pyridine rings is 1. The van der Waals surface area contributed by atoms with Crippen LogP contribution in [0, 0.1) is 5.82 Å². The first-order chi connectivity index (χ1) is 9.71. The Labute approximate surface area is 117 Å². The molecule has 0 aliphatic heterocycles. The summed E-state index contributed by atoms with van der Waals surface area (Å²) in [5.74, 6) is 5.47. The number of aromatic nitrogens is 1. The Bertz CT molecular complexity index is 589. The van der Waals surface area contributed by atoms with Gasteiger partial charge in [-0.25, -0.2) is 9.82 Å². The minimum Gasteiger partial charge on any atom is -0.494 e. The summed E-state index contributed by atoms with van der Waals surface area (Å²) in [7, 11) is 1.44. The Kier molecular flexibility index (Phi) is 4.65. The molecule has 3 N–H and O–H groups in total. The third kappa shape index (κ3) is 2.79. The predicted octanol–water partition coefficient (Wildman–Crippen LogP) is 2.34. The molecule has 0 fully saturated rings. The van der Waals surface area contributed by atoms with Crippen molar-refractivity contribution in [1.82, 2.24) is 10.4 Å². The van der Waals surface area contributed by atoms with Gasteiger partial charge < -0.3 is 4.74 Å². The Morgan fingerprint density at radius 3 is 2.80 bits per heavy atom. The average Bonchev–Trinajstić information content (AvgIpc) is 2.49. The summed E-state index contributed by atoms with van der Waals surface area (Å²) in [6.07, 6.45) is 4.35. The lowest BCUT2D eigenvalue weighted by Gasteiger charge is -2.20. The number of halogens is 1. The Morgan fingerprint density at radius 2 is 2.20 bits per heavy atom. The maximum Gasteiger partial charge on any atom is 0.165 e. The number of aryl methyl sites for hydroxylation is 1. The fraction of sp³-hybridized carbons (Fsp3) is 0.267. The lowest BCUT2D eigenvalue weighted by molar-refractivity contribution is 0.385. The highest BCUT2D eigenvalue weighted by Crippen LogP contribution is 2.27. The van der Waals surface area contributed by atoms with Crippen LogP contribution < -0.4 is 16.0 Å². The molecule has 1 atom stereocenters. The van der Waals surface area contributed by atoms with Gasteiger partial charge in [-0.2, -0.15) is 0 Å². The standard InChI is InChI=1S/C15H18FN3O/c1-3-10-9-18-7-6-12(10)15(19-17)11-4-5-14(20-2)13(16)8-11/h4-9,15,19H,3,17H2,1-2H3. The molecule has 2 aromatic rings. The molecule has 1 aromatic heterocycles. The molecule has 0 radical (unpaired) electrons. The summed E-state index contributed by atoms with van der Waals surface area (Å²) in [5.41, 5.74) is 5.55. The quantitative estimate of drug-likeness (QED) is 0.649. The number of benzene rings is 1. The van der Waals surface area contributed by atoms with Crippen LogP contribution in [-0.2, 0) is 6.42 Å². The smallest absolute Gasteiger partial charge is 0.165 e. The predicted molar refractivity (Wildman–Crippen MR) is 75.7 cm³/mol. The average molecular weight is 275 g/mol. The highest BCUT2D eigenvalue weighted by atomic mass is 19.1. The molecular formula is C15H18FN3O. The van der Waals surface area contributed by atoms with Gasteiger partial charge in [0.1, 0.15) is 0 Å². The number of nitrogens with two attached hydrogens (primary N) is 1. The van der Waals surface area contributed by atoms with E-state index in [2.05, 4.69) is 10.4 Å². The summed E-state index contributed by atoms with van der Waals surface area (Å²) in [5, 5.41) is 0. The molecule has 20 heavy (non-hydrogen) atoms. The van der Waals surface area contributed by atoms with Crippen molar-refractivity contribution in [2.45, 2.75) is 19.4 Å². The van der Waals surface area contributed by atoms with Crippen molar-refractivity contribution < 1.29 is 9.13 Å². The summed E-state index contributed by atoms with van der Waals surface area (Å²) in [4.78, 5) is 4.11. The van der Waals surface area contributed by atoms with Gasteiger partial charge in [0.05, 0.1) is 13.2 Å². The largest absolute Gasteiger partial charge is 0.494 e. The molecule has 1 heterocycles. The molecule has 1 unspecified atom stereocenters. The summed E-state index contributed by atoms with van der Waals surface area (Å²) >= 11 is 0. The first-order valence-electron chi connectivity index (χ1n) is 6.43. The topological polar surface area (TPSA) is 60.2 Å². The molecule has 2 rings (SSSR count). The van der Waals surface area contributed by atoms with Crippen LogP contribution in [0.25, 0.3) is 0 Å². The molecule has 0 saturated carbocycles. The minimum atomic E-state index is -0.405. The van der Waals surface area contributed by atoms with E-state index in [0.29, 0.717) is 0 Å². The number of hydrogen-bond donors (Lipinski definition) is 2. The number of hydrogen-bond acceptors (Lipinski definition) is 4. The Balaban J connectivity index is 2.44. The van der Waals surface area contributed by atoms with Crippen molar-refractivity contribution in [2.24, 2.45) is 5.84 Å². The first-order valence-corrected chi connectivity index (χ1v) is 6.43. The van der Waals surface area contributed by atoms with Crippen LogP contribution in [0.4, 0.5) is 4.39 Å². The van der Waals surface area contributed by atoms with E-state index < -0.39 is 5.82 Å². The number of nitrogens with one attached hydrogen (secondary N) is 1. The highest BCUT2D eigenvalue weighted by Gasteiger charge is 2.17. The van der Waals surface area contributed by atoms with E-state index >= 15 is 0 Å². The second-order valence-electron chi connectivity index (χ2n) is 4.42. The summed E-state index contributed by atoms with van der Waals surface area (Å²) in [6, 6.07) is 6.44. The normalized spacial score (nSPS) is 12.2. The number of nitrogens with zero attached hydrogens (tertiary/aromatic N) is 1. The Morgan fingerprint density at radius 1 is 1.40 bits per heavy atom. The molecule has 0 spiro atoms. The van der Waals surface area contributed by atoms with Crippen molar-refractivity contribution >= 4 is 0 Å². The van der Waals surface area contributed by atoms with Gasteiger partial charge in [0.2, 0.25) is 0 Å². The van der Waals surface area contributed by atoms with Crippen LogP contribution in [0.5, 0.6) is 5.75 Å². The molecule has 0 bridgehead atoms. The van der Waals surface area contributed by atoms with Crippen molar-refractivity contribution in [1.29, 1.82) is 0 Å². The maximum absolute atomic E-state index is 13.8. The second-order valence-corrected chi connectivity index (χ2v) is 4.42. The minimum absolute atomic E-state index is 0.218. The highest BCUT2D eigenvalue weighted by molar-refractivity contribution is 5.38. The van der Waals surface area contributed by atoms with E-state index in [4.69, 9.17) is 10.6 Å². The third-order valence-corrected chi connectivity index (χ3v) is 3.31. The first kappa shape index (κ1) is 14.4. The maximum atomic E-state index is 13.8. The zero-order chi connectivity index (χ0) is 14.5. The van der Waals surface area contributed by atoms with Crippen LogP contribution in [0.3, 0.4) is 0 Å². The fourth-order valence-electron chi connectivity index (χ4n) is 2.24. The monoisotopic (exact) mass is 275 g/mol. The second kappa shape index (κ2) is 6.45. The molecule has 0 saturated heterocycles. The Hall–Kier alpha value is -1.98. The molecular weight excluding hydrogens is 257 g/mol. The number of ether oxygens (including phenoxy) is 1.